The molecule has 0 atom stereocenters. The van der Waals surface area contributed by atoms with Gasteiger partial charge < -0.3 is 14.6 Å². The highest BCUT2D eigenvalue weighted by Crippen LogP contribution is 2.16. The number of anilines is 1. The number of H-pyrrole nitrogens is 1. The van der Waals surface area contributed by atoms with Gasteiger partial charge in [0.15, 0.2) is 11.2 Å². The van der Waals surface area contributed by atoms with Gasteiger partial charge in [-0.05, 0) is 27.2 Å². The van der Waals surface area contributed by atoms with Gasteiger partial charge in [-0.3, -0.25) is 14.3 Å². The first kappa shape index (κ1) is 19.3. The van der Waals surface area contributed by atoms with Crippen molar-refractivity contribution in [2.45, 2.75) is 39.8 Å². The fourth-order valence-electron chi connectivity index (χ4n) is 2.36. The topological polar surface area (TPSA) is 93.9 Å². The molecule has 0 aromatic carbocycles. The molecule has 2 aromatic heterocycles. The SMILES string of the molecule is C/C(Cl)=C/Cn1c(NCCCOC(C)C)nc2c1c(=O)[nH]c(=O)n2C. The van der Waals surface area contributed by atoms with Crippen molar-refractivity contribution in [1.29, 1.82) is 0 Å². The summed E-state index contributed by atoms with van der Waals surface area (Å²) in [5.41, 5.74) is -0.307. The average Bonchev–Trinajstić information content (AvgIpc) is 2.89. The molecule has 0 bridgehead atoms. The van der Waals surface area contributed by atoms with Gasteiger partial charge in [0.2, 0.25) is 5.95 Å². The first-order chi connectivity index (χ1) is 11.8. The number of imidazole rings is 1. The van der Waals surface area contributed by atoms with E-state index in [0.29, 0.717) is 41.8 Å². The number of hydrogen-bond donors (Lipinski definition) is 2. The van der Waals surface area contributed by atoms with Crippen molar-refractivity contribution < 1.29 is 4.74 Å². The average molecular weight is 370 g/mol. The Morgan fingerprint density at radius 3 is 2.80 bits per heavy atom. The van der Waals surface area contributed by atoms with Gasteiger partial charge in [0.05, 0.1) is 6.10 Å². The zero-order valence-corrected chi connectivity index (χ0v) is 15.7. The second-order valence-corrected chi connectivity index (χ2v) is 6.62. The Balaban J connectivity index is 2.34. The van der Waals surface area contributed by atoms with Crippen LogP contribution >= 0.6 is 11.6 Å². The number of allylic oxidation sites excluding steroid dienone is 2. The summed E-state index contributed by atoms with van der Waals surface area (Å²) in [7, 11) is 1.57. The van der Waals surface area contributed by atoms with E-state index in [2.05, 4.69) is 15.3 Å². The van der Waals surface area contributed by atoms with Crippen LogP contribution in [0.15, 0.2) is 20.7 Å². The predicted molar refractivity (Wildman–Crippen MR) is 99.4 cm³/mol. The third-order valence-electron chi connectivity index (χ3n) is 3.62. The molecule has 138 valence electrons. The maximum atomic E-state index is 12.3. The molecule has 25 heavy (non-hydrogen) atoms. The monoisotopic (exact) mass is 369 g/mol. The van der Waals surface area contributed by atoms with Gasteiger partial charge in [0.25, 0.3) is 5.56 Å². The summed E-state index contributed by atoms with van der Waals surface area (Å²) in [5.74, 6) is 0.514. The number of fused-ring (bicyclic) bond motifs is 1. The van der Waals surface area contributed by atoms with E-state index >= 15 is 0 Å². The zero-order chi connectivity index (χ0) is 18.6. The first-order valence-corrected chi connectivity index (χ1v) is 8.56. The van der Waals surface area contributed by atoms with Gasteiger partial charge in [0.1, 0.15) is 0 Å². The van der Waals surface area contributed by atoms with E-state index in [4.69, 9.17) is 16.3 Å². The molecular formula is C16H24ClN5O3. The third kappa shape index (κ3) is 4.73. The molecular weight excluding hydrogens is 346 g/mol. The van der Waals surface area contributed by atoms with Gasteiger partial charge in [-0.2, -0.15) is 4.98 Å². The van der Waals surface area contributed by atoms with E-state index in [1.807, 2.05) is 13.8 Å². The number of nitrogens with zero attached hydrogens (tertiary/aromatic N) is 3. The lowest BCUT2D eigenvalue weighted by Crippen LogP contribution is -2.29. The minimum atomic E-state index is -0.497. The highest BCUT2D eigenvalue weighted by atomic mass is 35.5. The number of halogens is 1. The minimum absolute atomic E-state index is 0.189. The Morgan fingerprint density at radius 2 is 2.16 bits per heavy atom. The predicted octanol–water partition coefficient (Wildman–Crippen LogP) is 1.79. The Labute approximate surface area is 150 Å². The number of rotatable bonds is 8. The van der Waals surface area contributed by atoms with Crippen LogP contribution in [0.4, 0.5) is 5.95 Å². The van der Waals surface area contributed by atoms with E-state index in [1.54, 1.807) is 24.6 Å². The molecule has 8 nitrogen and oxygen atoms in total. The second-order valence-electron chi connectivity index (χ2n) is 6.03. The van der Waals surface area contributed by atoms with Crippen LogP contribution in [-0.2, 0) is 18.3 Å². The standard InChI is InChI=1S/C16H24ClN5O3/c1-10(2)25-9-5-7-18-15-19-13-12(22(15)8-6-11(3)17)14(23)20-16(24)21(13)4/h6,10H,5,7-9H2,1-4H3,(H,18,19)(H,20,23,24)/b11-6-. The molecule has 0 saturated heterocycles. The van der Waals surface area contributed by atoms with Crippen LogP contribution in [-0.4, -0.2) is 38.4 Å². The molecule has 0 aliphatic carbocycles. The highest BCUT2D eigenvalue weighted by molar-refractivity contribution is 6.29. The molecule has 0 radical (unpaired) electrons. The fraction of sp³-hybridized carbons (Fsp3) is 0.562. The summed E-state index contributed by atoms with van der Waals surface area (Å²) >= 11 is 5.92. The number of nitrogens with one attached hydrogen (secondary N) is 2. The van der Waals surface area contributed by atoms with Crippen LogP contribution in [0.3, 0.4) is 0 Å². The summed E-state index contributed by atoms with van der Waals surface area (Å²) in [6.07, 6.45) is 2.76. The van der Waals surface area contributed by atoms with Crippen molar-refractivity contribution in [3.63, 3.8) is 0 Å². The largest absolute Gasteiger partial charge is 0.379 e. The molecule has 0 fully saturated rings. The molecule has 0 amide bonds. The van der Waals surface area contributed by atoms with Crippen LogP contribution in [0.25, 0.3) is 11.2 Å². The van der Waals surface area contributed by atoms with Gasteiger partial charge in [-0.15, -0.1) is 0 Å². The van der Waals surface area contributed by atoms with Crippen molar-refractivity contribution in [2.75, 3.05) is 18.5 Å². The van der Waals surface area contributed by atoms with Gasteiger partial charge >= 0.3 is 5.69 Å². The molecule has 2 heterocycles. The van der Waals surface area contributed by atoms with Crippen molar-refractivity contribution in [1.82, 2.24) is 19.1 Å². The lowest BCUT2D eigenvalue weighted by Gasteiger charge is -2.10. The maximum Gasteiger partial charge on any atom is 0.329 e. The smallest absolute Gasteiger partial charge is 0.329 e. The summed E-state index contributed by atoms with van der Waals surface area (Å²) in [6.45, 7) is 7.37. The first-order valence-electron chi connectivity index (χ1n) is 8.18. The van der Waals surface area contributed by atoms with Crippen LogP contribution in [0, 0.1) is 0 Å². The zero-order valence-electron chi connectivity index (χ0n) is 14.9. The van der Waals surface area contributed by atoms with E-state index in [9.17, 15) is 9.59 Å². The second kappa shape index (κ2) is 8.35. The van der Waals surface area contributed by atoms with Crippen molar-refractivity contribution >= 4 is 28.7 Å². The van der Waals surface area contributed by atoms with Gasteiger partial charge in [-0.1, -0.05) is 17.7 Å². The summed E-state index contributed by atoms with van der Waals surface area (Å²) in [5, 5.41) is 3.82. The molecule has 9 heteroatoms. The number of ether oxygens (including phenoxy) is 1. The molecule has 0 aliphatic rings. The molecule has 0 saturated carbocycles. The molecule has 2 rings (SSSR count). The van der Waals surface area contributed by atoms with Crippen LogP contribution in [0.1, 0.15) is 27.2 Å². The highest BCUT2D eigenvalue weighted by Gasteiger charge is 2.16. The van der Waals surface area contributed by atoms with E-state index in [-0.39, 0.29) is 6.10 Å². The summed E-state index contributed by atoms with van der Waals surface area (Å²) < 4.78 is 8.54. The Kier molecular flexibility index (Phi) is 6.44. The number of aryl methyl sites for hydroxylation is 1. The van der Waals surface area contributed by atoms with E-state index < -0.39 is 11.2 Å². The van der Waals surface area contributed by atoms with E-state index in [1.165, 1.54) is 4.57 Å². The minimum Gasteiger partial charge on any atom is -0.379 e. The molecule has 0 aliphatic heterocycles. The van der Waals surface area contributed by atoms with Crippen molar-refractivity contribution in [3.05, 3.63) is 31.9 Å². The Hall–Kier alpha value is -2.06. The Bertz CT molecular complexity index is 874. The van der Waals surface area contributed by atoms with Crippen LogP contribution in [0.2, 0.25) is 0 Å². The van der Waals surface area contributed by atoms with Crippen molar-refractivity contribution in [2.24, 2.45) is 7.05 Å². The quantitative estimate of drug-likeness (QED) is 0.692. The molecule has 0 unspecified atom stereocenters. The fourth-order valence-corrected chi connectivity index (χ4v) is 2.42. The molecule has 0 spiro atoms. The molecule has 2 N–H and O–H groups in total. The summed E-state index contributed by atoms with van der Waals surface area (Å²) in [4.78, 5) is 30.8. The van der Waals surface area contributed by atoms with Crippen LogP contribution < -0.4 is 16.6 Å². The Morgan fingerprint density at radius 1 is 1.44 bits per heavy atom. The van der Waals surface area contributed by atoms with Crippen molar-refractivity contribution in [3.8, 4) is 0 Å². The number of aromatic nitrogens is 4. The third-order valence-corrected chi connectivity index (χ3v) is 3.77. The number of aromatic amines is 1. The lowest BCUT2D eigenvalue weighted by atomic mass is 10.4. The molecule has 2 aromatic rings. The van der Waals surface area contributed by atoms with Crippen LogP contribution in [0.5, 0.6) is 0 Å². The summed E-state index contributed by atoms with van der Waals surface area (Å²) in [6, 6.07) is 0. The van der Waals surface area contributed by atoms with Gasteiger partial charge in [-0.25, -0.2) is 4.79 Å². The maximum absolute atomic E-state index is 12.3. The van der Waals surface area contributed by atoms with Gasteiger partial charge in [0, 0.05) is 31.8 Å². The lowest BCUT2D eigenvalue weighted by molar-refractivity contribution is 0.0787. The normalized spacial score (nSPS) is 12.3. The number of hydrogen-bond acceptors (Lipinski definition) is 5. The van der Waals surface area contributed by atoms with E-state index in [0.717, 1.165) is 6.42 Å².